The molecule has 0 radical (unpaired) electrons. The highest BCUT2D eigenvalue weighted by atomic mass is 35.5. The molecule has 30 heavy (non-hydrogen) atoms. The molecule has 0 aliphatic heterocycles. The fourth-order valence-electron chi connectivity index (χ4n) is 3.16. The molecule has 0 saturated heterocycles. The van der Waals surface area contributed by atoms with E-state index in [2.05, 4.69) is 5.32 Å². The van der Waals surface area contributed by atoms with Crippen LogP contribution in [0.1, 0.15) is 30.0 Å². The Kier molecular flexibility index (Phi) is 8.41. The fourth-order valence-corrected chi connectivity index (χ4v) is 3.43. The van der Waals surface area contributed by atoms with Gasteiger partial charge in [-0.1, -0.05) is 36.7 Å². The summed E-state index contributed by atoms with van der Waals surface area (Å²) in [5, 5.41) is 3.83. The summed E-state index contributed by atoms with van der Waals surface area (Å²) >= 11 is 6.34. The molecule has 1 N–H and O–H groups in total. The summed E-state index contributed by atoms with van der Waals surface area (Å²) in [6.45, 7) is 4.20. The van der Waals surface area contributed by atoms with Crippen LogP contribution >= 0.6 is 11.6 Å². The van der Waals surface area contributed by atoms with Crippen LogP contribution in [0.4, 0.5) is 18.9 Å². The molecule has 0 fully saturated rings. The largest absolute Gasteiger partial charge is 0.497 e. The van der Waals surface area contributed by atoms with Crippen LogP contribution in [0, 0.1) is 6.92 Å². The average molecular weight is 443 g/mol. The van der Waals surface area contributed by atoms with Crippen LogP contribution in [0.15, 0.2) is 36.4 Å². The quantitative estimate of drug-likeness (QED) is 0.548. The summed E-state index contributed by atoms with van der Waals surface area (Å²) in [5.74, 6) is -1.03. The van der Waals surface area contributed by atoms with E-state index >= 15 is 0 Å². The van der Waals surface area contributed by atoms with Crippen LogP contribution in [-0.4, -0.2) is 37.2 Å². The Morgan fingerprint density at radius 3 is 2.37 bits per heavy atom. The lowest BCUT2D eigenvalue weighted by molar-refractivity contribution is -0.185. The molecule has 2 aromatic carbocycles. The van der Waals surface area contributed by atoms with Gasteiger partial charge in [-0.25, -0.2) is 0 Å². The minimum Gasteiger partial charge on any atom is -0.497 e. The number of rotatable bonds is 9. The number of nitrogens with zero attached hydrogens (tertiary/aromatic N) is 1. The molecule has 0 unspecified atom stereocenters. The van der Waals surface area contributed by atoms with Gasteiger partial charge in [-0.3, -0.25) is 4.79 Å². The first kappa shape index (κ1) is 23.9. The number of ether oxygens (including phenoxy) is 1. The zero-order valence-corrected chi connectivity index (χ0v) is 18.0. The minimum atomic E-state index is -4.87. The SMILES string of the molecule is CCCN(CCc1ccc(Cl)c(NCc2ccc(OC)cc2)c1C)C(=O)C(F)(F)F. The molecule has 2 rings (SSSR count). The summed E-state index contributed by atoms with van der Waals surface area (Å²) in [6, 6.07) is 11.1. The van der Waals surface area contributed by atoms with Crippen molar-refractivity contribution in [2.45, 2.75) is 39.4 Å². The van der Waals surface area contributed by atoms with E-state index in [-0.39, 0.29) is 13.1 Å². The highest BCUT2D eigenvalue weighted by molar-refractivity contribution is 6.33. The Bertz CT molecular complexity index is 855. The van der Waals surface area contributed by atoms with E-state index < -0.39 is 12.1 Å². The number of carbonyl (C=O) groups is 1. The number of halogens is 4. The molecule has 0 aromatic heterocycles. The second-order valence-corrected chi connectivity index (χ2v) is 7.36. The van der Waals surface area contributed by atoms with Crippen LogP contribution in [0.2, 0.25) is 5.02 Å². The maximum absolute atomic E-state index is 12.8. The Balaban J connectivity index is 2.11. The monoisotopic (exact) mass is 442 g/mol. The van der Waals surface area contributed by atoms with Gasteiger partial charge in [0.05, 0.1) is 17.8 Å². The first-order chi connectivity index (χ1) is 14.2. The number of anilines is 1. The lowest BCUT2D eigenvalue weighted by Gasteiger charge is -2.24. The lowest BCUT2D eigenvalue weighted by atomic mass is 10.0. The zero-order valence-electron chi connectivity index (χ0n) is 17.3. The van der Waals surface area contributed by atoms with E-state index in [4.69, 9.17) is 16.3 Å². The Morgan fingerprint density at radius 2 is 1.80 bits per heavy atom. The molecule has 0 bridgehead atoms. The number of amides is 1. The molecular formula is C22H26ClF3N2O2. The van der Waals surface area contributed by atoms with Gasteiger partial charge in [0, 0.05) is 19.6 Å². The van der Waals surface area contributed by atoms with E-state index in [0.717, 1.165) is 33.0 Å². The predicted molar refractivity (Wildman–Crippen MR) is 113 cm³/mol. The first-order valence-corrected chi connectivity index (χ1v) is 10.1. The van der Waals surface area contributed by atoms with Gasteiger partial charge in [0.15, 0.2) is 0 Å². The van der Waals surface area contributed by atoms with E-state index in [0.29, 0.717) is 24.4 Å². The van der Waals surface area contributed by atoms with Crippen LogP contribution in [0.3, 0.4) is 0 Å². The van der Waals surface area contributed by atoms with Crippen molar-refractivity contribution in [3.63, 3.8) is 0 Å². The molecule has 0 aliphatic carbocycles. The smallest absolute Gasteiger partial charge is 0.471 e. The molecule has 0 aliphatic rings. The van der Waals surface area contributed by atoms with E-state index in [1.54, 1.807) is 26.2 Å². The molecule has 0 heterocycles. The molecule has 4 nitrogen and oxygen atoms in total. The van der Waals surface area contributed by atoms with Crippen molar-refractivity contribution in [1.29, 1.82) is 0 Å². The van der Waals surface area contributed by atoms with Crippen LogP contribution in [0.25, 0.3) is 0 Å². The van der Waals surface area contributed by atoms with Gasteiger partial charge in [-0.05, 0) is 54.7 Å². The second-order valence-electron chi connectivity index (χ2n) is 6.95. The summed E-state index contributed by atoms with van der Waals surface area (Å²) in [5.41, 5.74) is 3.45. The first-order valence-electron chi connectivity index (χ1n) is 9.68. The number of hydrogen-bond acceptors (Lipinski definition) is 3. The molecule has 1 amide bonds. The number of alkyl halides is 3. The molecule has 8 heteroatoms. The fraction of sp³-hybridized carbons (Fsp3) is 0.409. The van der Waals surface area contributed by atoms with Crippen molar-refractivity contribution in [2.75, 3.05) is 25.5 Å². The Morgan fingerprint density at radius 1 is 1.13 bits per heavy atom. The Labute approximate surface area is 180 Å². The van der Waals surface area contributed by atoms with Gasteiger partial charge in [-0.15, -0.1) is 0 Å². The van der Waals surface area contributed by atoms with Gasteiger partial charge < -0.3 is 15.0 Å². The minimum absolute atomic E-state index is 0.00737. The van der Waals surface area contributed by atoms with Gasteiger partial charge in [-0.2, -0.15) is 13.2 Å². The van der Waals surface area contributed by atoms with Crippen molar-refractivity contribution in [3.05, 3.63) is 58.1 Å². The number of hydrogen-bond donors (Lipinski definition) is 1. The topological polar surface area (TPSA) is 41.6 Å². The summed E-state index contributed by atoms with van der Waals surface area (Å²) in [4.78, 5) is 12.5. The molecule has 2 aromatic rings. The van der Waals surface area contributed by atoms with Crippen molar-refractivity contribution in [2.24, 2.45) is 0 Å². The van der Waals surface area contributed by atoms with Crippen molar-refractivity contribution in [1.82, 2.24) is 4.90 Å². The zero-order chi connectivity index (χ0) is 22.3. The van der Waals surface area contributed by atoms with Crippen molar-refractivity contribution < 1.29 is 22.7 Å². The number of carbonyl (C=O) groups excluding carboxylic acids is 1. The average Bonchev–Trinajstić information content (AvgIpc) is 2.71. The third kappa shape index (κ3) is 6.29. The number of benzene rings is 2. The summed E-state index contributed by atoms with van der Waals surface area (Å²) in [6.07, 6.45) is -4.10. The van der Waals surface area contributed by atoms with Gasteiger partial charge in [0.2, 0.25) is 0 Å². The summed E-state index contributed by atoms with van der Waals surface area (Å²) < 4.78 is 43.6. The maximum Gasteiger partial charge on any atom is 0.471 e. The van der Waals surface area contributed by atoms with Crippen LogP contribution in [-0.2, 0) is 17.8 Å². The Hall–Kier alpha value is -2.41. The second kappa shape index (κ2) is 10.6. The maximum atomic E-state index is 12.8. The molecule has 0 saturated carbocycles. The van der Waals surface area contributed by atoms with E-state index in [1.807, 2.05) is 31.2 Å². The van der Waals surface area contributed by atoms with E-state index in [1.165, 1.54) is 0 Å². The third-order valence-electron chi connectivity index (χ3n) is 4.83. The molecule has 0 spiro atoms. The van der Waals surface area contributed by atoms with Gasteiger partial charge >= 0.3 is 12.1 Å². The summed E-state index contributed by atoms with van der Waals surface area (Å²) in [7, 11) is 1.60. The number of methoxy groups -OCH3 is 1. The van der Waals surface area contributed by atoms with Crippen LogP contribution in [0.5, 0.6) is 5.75 Å². The van der Waals surface area contributed by atoms with Gasteiger partial charge in [0.1, 0.15) is 5.75 Å². The third-order valence-corrected chi connectivity index (χ3v) is 5.14. The number of nitrogens with one attached hydrogen (secondary N) is 1. The lowest BCUT2D eigenvalue weighted by Crippen LogP contribution is -2.42. The standard InChI is InChI=1S/C22H26ClF3N2O2/c1-4-12-28(21(29)22(24,25)26)13-11-17-7-10-19(23)20(15(17)2)27-14-16-5-8-18(30-3)9-6-16/h5-10,27H,4,11-14H2,1-3H3. The molecule has 0 atom stereocenters. The normalized spacial score (nSPS) is 11.3. The molecule has 164 valence electrons. The van der Waals surface area contributed by atoms with E-state index in [9.17, 15) is 18.0 Å². The highest BCUT2D eigenvalue weighted by Gasteiger charge is 2.42. The van der Waals surface area contributed by atoms with Crippen molar-refractivity contribution >= 4 is 23.2 Å². The van der Waals surface area contributed by atoms with Crippen molar-refractivity contribution in [3.8, 4) is 5.75 Å². The van der Waals surface area contributed by atoms with Gasteiger partial charge in [0.25, 0.3) is 0 Å². The predicted octanol–water partition coefficient (Wildman–Crippen LogP) is 5.61. The highest BCUT2D eigenvalue weighted by Crippen LogP contribution is 2.30. The van der Waals surface area contributed by atoms with Crippen LogP contribution < -0.4 is 10.1 Å². The molecular weight excluding hydrogens is 417 g/mol.